The Kier molecular flexibility index (Phi) is 9.58. The van der Waals surface area contributed by atoms with Crippen molar-refractivity contribution >= 4 is 34.7 Å². The number of anilines is 1. The molecule has 1 amide bonds. The Balaban J connectivity index is 2.12. The maximum Gasteiger partial charge on any atom is 0.350 e. The van der Waals surface area contributed by atoms with E-state index in [1.807, 2.05) is 19.9 Å². The lowest BCUT2D eigenvalue weighted by Crippen LogP contribution is -2.50. The van der Waals surface area contributed by atoms with Gasteiger partial charge in [0.15, 0.2) is 5.78 Å². The van der Waals surface area contributed by atoms with Gasteiger partial charge >= 0.3 is 5.97 Å². The minimum atomic E-state index is -0.555. The number of esters is 1. The molecule has 2 fully saturated rings. The van der Waals surface area contributed by atoms with Crippen LogP contribution in [0, 0.1) is 41.4 Å². The van der Waals surface area contributed by atoms with Crippen molar-refractivity contribution in [1.82, 2.24) is 0 Å². The molecule has 35 heavy (non-hydrogen) atoms. The number of amides is 1. The average Bonchev–Trinajstić information content (AvgIpc) is 3.14. The van der Waals surface area contributed by atoms with Gasteiger partial charge < -0.3 is 4.74 Å². The number of methoxy groups -OCH3 is 1. The van der Waals surface area contributed by atoms with Gasteiger partial charge in [0.1, 0.15) is 4.88 Å². The van der Waals surface area contributed by atoms with Crippen LogP contribution in [0.2, 0.25) is 0 Å². The second-order valence-corrected chi connectivity index (χ2v) is 12.0. The van der Waals surface area contributed by atoms with Crippen molar-refractivity contribution in [2.24, 2.45) is 29.6 Å². The van der Waals surface area contributed by atoms with Gasteiger partial charge in [0.05, 0.1) is 23.7 Å². The molecule has 5 nitrogen and oxygen atoms in total. The van der Waals surface area contributed by atoms with Gasteiger partial charge in [-0.2, -0.15) is 0 Å². The van der Waals surface area contributed by atoms with Gasteiger partial charge in [0.25, 0.3) is 0 Å². The smallest absolute Gasteiger partial charge is 0.350 e. The molecule has 0 spiro atoms. The number of ether oxygens (including phenoxy) is 1. The van der Waals surface area contributed by atoms with E-state index in [0.717, 1.165) is 44.9 Å². The summed E-state index contributed by atoms with van der Waals surface area (Å²) >= 11 is 1.25. The number of hydrogen-bond donors (Lipinski definition) is 0. The highest BCUT2D eigenvalue weighted by Crippen LogP contribution is 2.39. The zero-order valence-corrected chi connectivity index (χ0v) is 23.0. The molecule has 1 heterocycles. The molecule has 0 radical (unpaired) electrons. The fraction of sp³-hybridized carbons (Fsp3) is 0.690. The number of nitrogens with zero attached hydrogens (tertiary/aromatic N) is 1. The lowest BCUT2D eigenvalue weighted by Gasteiger charge is -2.36. The highest BCUT2D eigenvalue weighted by molar-refractivity contribution is 7.15. The van der Waals surface area contributed by atoms with E-state index < -0.39 is 12.0 Å². The Morgan fingerprint density at radius 1 is 1.06 bits per heavy atom. The van der Waals surface area contributed by atoms with Crippen molar-refractivity contribution in [2.75, 3.05) is 12.0 Å². The number of carbonyl (C=O) groups is 3. The van der Waals surface area contributed by atoms with E-state index in [-0.39, 0.29) is 35.4 Å². The van der Waals surface area contributed by atoms with Gasteiger partial charge in [-0.3, -0.25) is 14.5 Å². The maximum atomic E-state index is 14.2. The first-order chi connectivity index (χ1) is 16.6. The van der Waals surface area contributed by atoms with Crippen LogP contribution in [0.3, 0.4) is 0 Å². The van der Waals surface area contributed by atoms with Gasteiger partial charge in [0.2, 0.25) is 5.91 Å². The van der Waals surface area contributed by atoms with Crippen molar-refractivity contribution in [3.63, 3.8) is 0 Å². The molecule has 0 aliphatic heterocycles. The summed E-state index contributed by atoms with van der Waals surface area (Å²) in [7, 11) is 1.35. The number of Topliss-reactive ketones (excluding diaryl/α,β-unsaturated/α-hetero) is 1. The fourth-order valence-corrected chi connectivity index (χ4v) is 6.30. The number of hydrogen-bond acceptors (Lipinski definition) is 5. The summed E-state index contributed by atoms with van der Waals surface area (Å²) in [4.78, 5) is 43.7. The van der Waals surface area contributed by atoms with E-state index in [1.165, 1.54) is 18.4 Å². The first-order valence-electron chi connectivity index (χ1n) is 13.2. The van der Waals surface area contributed by atoms with E-state index in [4.69, 9.17) is 4.74 Å². The maximum absolute atomic E-state index is 14.2. The van der Waals surface area contributed by atoms with Gasteiger partial charge in [0, 0.05) is 17.8 Å². The van der Waals surface area contributed by atoms with Crippen LogP contribution in [0.25, 0.3) is 0 Å². The van der Waals surface area contributed by atoms with Crippen LogP contribution in [0.4, 0.5) is 5.69 Å². The monoisotopic (exact) mass is 499 g/mol. The molecule has 6 heteroatoms. The molecule has 0 N–H and O–H groups in total. The van der Waals surface area contributed by atoms with Crippen molar-refractivity contribution in [3.05, 3.63) is 15.8 Å². The summed E-state index contributed by atoms with van der Waals surface area (Å²) in [5.74, 6) is 6.73. The quantitative estimate of drug-likeness (QED) is 0.264. The highest BCUT2D eigenvalue weighted by Gasteiger charge is 2.42. The molecule has 192 valence electrons. The predicted octanol–water partition coefficient (Wildman–Crippen LogP) is 6.49. The summed E-state index contributed by atoms with van der Waals surface area (Å²) < 4.78 is 5.10. The highest BCUT2D eigenvalue weighted by atomic mass is 32.1. The Morgan fingerprint density at radius 2 is 1.71 bits per heavy atom. The van der Waals surface area contributed by atoms with Crippen molar-refractivity contribution in [1.29, 1.82) is 0 Å². The van der Waals surface area contributed by atoms with Crippen LogP contribution in [0.5, 0.6) is 0 Å². The SMILES string of the molecule is COC(=O)c1sc(C#CC(C)C)cc1N(C(=O)C1CCC(C)CC1)C1CCCCC(C(C)C)C1=O. The number of carbonyl (C=O) groups excluding carboxylic acids is 3. The normalized spacial score (nSPS) is 25.1. The Labute approximate surface area is 215 Å². The molecule has 1 aromatic heterocycles. The molecule has 2 unspecified atom stereocenters. The summed E-state index contributed by atoms with van der Waals surface area (Å²) in [6.07, 6.45) is 7.02. The number of rotatable bonds is 5. The van der Waals surface area contributed by atoms with Gasteiger partial charge in [-0.25, -0.2) is 4.79 Å². The molecule has 0 saturated heterocycles. The van der Waals surface area contributed by atoms with Crippen LogP contribution in [0.15, 0.2) is 6.07 Å². The third-order valence-corrected chi connectivity index (χ3v) is 8.50. The van der Waals surface area contributed by atoms with E-state index >= 15 is 0 Å². The minimum absolute atomic E-state index is 0.0222. The molecule has 2 aliphatic rings. The number of ketones is 1. The van der Waals surface area contributed by atoms with E-state index in [2.05, 4.69) is 32.6 Å². The summed E-state index contributed by atoms with van der Waals surface area (Å²) in [6, 6.07) is 1.28. The summed E-state index contributed by atoms with van der Waals surface area (Å²) in [5.41, 5.74) is 0.501. The Bertz CT molecular complexity index is 975. The van der Waals surface area contributed by atoms with E-state index in [9.17, 15) is 14.4 Å². The third-order valence-electron chi connectivity index (χ3n) is 7.48. The van der Waals surface area contributed by atoms with Crippen LogP contribution in [-0.4, -0.2) is 30.8 Å². The lowest BCUT2D eigenvalue weighted by atomic mass is 9.81. The van der Waals surface area contributed by atoms with Crippen molar-refractivity contribution in [3.8, 4) is 11.8 Å². The second kappa shape index (κ2) is 12.2. The van der Waals surface area contributed by atoms with Gasteiger partial charge in [-0.15, -0.1) is 11.3 Å². The predicted molar refractivity (Wildman–Crippen MR) is 142 cm³/mol. The zero-order chi connectivity index (χ0) is 25.7. The molecule has 2 atom stereocenters. The largest absolute Gasteiger partial charge is 0.465 e. The topological polar surface area (TPSA) is 63.7 Å². The van der Waals surface area contributed by atoms with Crippen LogP contribution in [0.1, 0.15) is 101 Å². The fourth-order valence-electron chi connectivity index (χ4n) is 5.37. The van der Waals surface area contributed by atoms with Crippen LogP contribution < -0.4 is 4.90 Å². The molecule has 0 bridgehead atoms. The molecule has 2 saturated carbocycles. The van der Waals surface area contributed by atoms with Crippen molar-refractivity contribution in [2.45, 2.75) is 92.0 Å². The standard InChI is InChI=1S/C29H41NO4S/c1-18(2)11-16-22-17-25(27(35-22)29(33)34-6)30(28(32)21-14-12-20(5)13-15-21)24-10-8-7-9-23(19(3)4)26(24)31/h17-21,23-24H,7-10,12-15H2,1-6H3. The Morgan fingerprint density at radius 3 is 2.31 bits per heavy atom. The minimum Gasteiger partial charge on any atom is -0.465 e. The summed E-state index contributed by atoms with van der Waals surface area (Å²) in [5, 5.41) is 0. The molecule has 2 aliphatic carbocycles. The second-order valence-electron chi connectivity index (χ2n) is 11.0. The Hall–Kier alpha value is -2.13. The van der Waals surface area contributed by atoms with Gasteiger partial charge in [-0.1, -0.05) is 59.3 Å². The molecule has 0 aromatic carbocycles. The lowest BCUT2D eigenvalue weighted by molar-refractivity contribution is -0.130. The summed E-state index contributed by atoms with van der Waals surface area (Å²) in [6.45, 7) is 10.4. The van der Waals surface area contributed by atoms with Crippen molar-refractivity contribution < 1.29 is 19.1 Å². The molecular weight excluding hydrogens is 458 g/mol. The average molecular weight is 500 g/mol. The first kappa shape index (κ1) is 27.5. The van der Waals surface area contributed by atoms with Crippen LogP contribution >= 0.6 is 11.3 Å². The van der Waals surface area contributed by atoms with Gasteiger partial charge in [-0.05, 0) is 56.4 Å². The third kappa shape index (κ3) is 6.55. The molecule has 1 aromatic rings. The zero-order valence-electron chi connectivity index (χ0n) is 22.2. The van der Waals surface area contributed by atoms with E-state index in [1.54, 1.807) is 4.90 Å². The molecule has 3 rings (SSSR count). The van der Waals surface area contributed by atoms with Crippen LogP contribution in [-0.2, 0) is 14.3 Å². The number of thiophene rings is 1. The first-order valence-corrected chi connectivity index (χ1v) is 14.1. The van der Waals surface area contributed by atoms with E-state index in [0.29, 0.717) is 27.8 Å². The molecular formula is C29H41NO4S.